The number of hydrogen-bond acceptors (Lipinski definition) is 4. The Labute approximate surface area is 106 Å². The molecule has 0 atom stereocenters. The van der Waals surface area contributed by atoms with Gasteiger partial charge in [0.05, 0.1) is 12.2 Å². The minimum Gasteiger partial charge on any atom is -0.503 e. The van der Waals surface area contributed by atoms with E-state index in [9.17, 15) is 14.7 Å². The molecule has 0 amide bonds. The number of hydrogen-bond donors (Lipinski definition) is 1. The topological polar surface area (TPSA) is 68.5 Å². The smallest absolute Gasteiger partial charge is 0.305 e. The summed E-state index contributed by atoms with van der Waals surface area (Å²) in [6.45, 7) is 4.45. The van der Waals surface area contributed by atoms with Gasteiger partial charge in [-0.1, -0.05) is 13.8 Å². The number of ether oxygens (including phenoxy) is 1. The molecule has 1 heterocycles. The number of pyridine rings is 1. The molecule has 5 nitrogen and oxygen atoms in total. The highest BCUT2D eigenvalue weighted by atomic mass is 16.5. The second-order valence-electron chi connectivity index (χ2n) is 3.99. The third-order valence-corrected chi connectivity index (χ3v) is 2.64. The third kappa shape index (κ3) is 3.61. The monoisotopic (exact) mass is 253 g/mol. The van der Waals surface area contributed by atoms with E-state index < -0.39 is 0 Å². The lowest BCUT2D eigenvalue weighted by Crippen LogP contribution is -2.16. The van der Waals surface area contributed by atoms with E-state index in [0.29, 0.717) is 25.1 Å². The summed E-state index contributed by atoms with van der Waals surface area (Å²) in [5, 5.41) is 9.63. The van der Waals surface area contributed by atoms with Gasteiger partial charge in [0.15, 0.2) is 5.75 Å². The Morgan fingerprint density at radius 1 is 1.44 bits per heavy atom. The maximum atomic E-state index is 11.3. The van der Waals surface area contributed by atoms with Crippen LogP contribution in [0.5, 0.6) is 5.75 Å². The molecular formula is C13H19NO4. The van der Waals surface area contributed by atoms with E-state index in [1.54, 1.807) is 10.8 Å². The van der Waals surface area contributed by atoms with Crippen molar-refractivity contribution in [2.75, 3.05) is 6.61 Å². The second kappa shape index (κ2) is 6.83. The van der Waals surface area contributed by atoms with E-state index in [1.165, 1.54) is 6.07 Å². The number of carbonyl (C=O) groups is 1. The first-order valence-corrected chi connectivity index (χ1v) is 6.17. The van der Waals surface area contributed by atoms with Gasteiger partial charge in [0, 0.05) is 18.7 Å². The van der Waals surface area contributed by atoms with Crippen molar-refractivity contribution in [3.63, 3.8) is 0 Å². The molecule has 0 spiro atoms. The van der Waals surface area contributed by atoms with Crippen LogP contribution in [0.25, 0.3) is 0 Å². The molecule has 0 radical (unpaired) electrons. The van der Waals surface area contributed by atoms with Gasteiger partial charge in [-0.25, -0.2) is 0 Å². The van der Waals surface area contributed by atoms with Crippen LogP contribution in [0, 0.1) is 0 Å². The first-order chi connectivity index (χ1) is 8.60. The fraction of sp³-hybridized carbons (Fsp3) is 0.538. The normalized spacial score (nSPS) is 10.3. The minimum atomic E-state index is -0.383. The summed E-state index contributed by atoms with van der Waals surface area (Å²) in [5.41, 5.74) is 0.181. The average molecular weight is 253 g/mol. The van der Waals surface area contributed by atoms with Crippen LogP contribution >= 0.6 is 0 Å². The zero-order chi connectivity index (χ0) is 13.5. The highest BCUT2D eigenvalue weighted by molar-refractivity contribution is 5.69. The van der Waals surface area contributed by atoms with Crippen molar-refractivity contribution in [1.82, 2.24) is 4.57 Å². The lowest BCUT2D eigenvalue weighted by molar-refractivity contribution is -0.143. The number of esters is 1. The Kier molecular flexibility index (Phi) is 5.42. The zero-order valence-corrected chi connectivity index (χ0v) is 10.8. The van der Waals surface area contributed by atoms with Gasteiger partial charge in [0.1, 0.15) is 6.61 Å². The Bertz CT molecular complexity index is 465. The molecule has 0 saturated heterocycles. The maximum absolute atomic E-state index is 11.3. The van der Waals surface area contributed by atoms with E-state index in [1.807, 2.05) is 13.8 Å². The van der Waals surface area contributed by atoms with Crippen molar-refractivity contribution < 1.29 is 14.6 Å². The van der Waals surface area contributed by atoms with Crippen molar-refractivity contribution in [1.29, 1.82) is 0 Å². The van der Waals surface area contributed by atoms with Gasteiger partial charge >= 0.3 is 5.97 Å². The van der Waals surface area contributed by atoms with Crippen molar-refractivity contribution in [2.24, 2.45) is 0 Å². The Morgan fingerprint density at radius 2 is 2.17 bits per heavy atom. The van der Waals surface area contributed by atoms with Crippen LogP contribution in [0.3, 0.4) is 0 Å². The molecule has 1 rings (SSSR count). The van der Waals surface area contributed by atoms with E-state index >= 15 is 0 Å². The van der Waals surface area contributed by atoms with Crippen molar-refractivity contribution in [3.05, 3.63) is 28.2 Å². The quantitative estimate of drug-likeness (QED) is 0.779. The molecule has 1 aromatic rings. The van der Waals surface area contributed by atoms with Gasteiger partial charge in [-0.05, 0) is 12.8 Å². The van der Waals surface area contributed by atoms with Crippen LogP contribution in [0.1, 0.15) is 32.4 Å². The minimum absolute atomic E-state index is 0.221. The first-order valence-electron chi connectivity index (χ1n) is 6.17. The largest absolute Gasteiger partial charge is 0.503 e. The molecule has 0 bridgehead atoms. The molecule has 100 valence electrons. The molecule has 5 heteroatoms. The molecule has 18 heavy (non-hydrogen) atoms. The molecule has 0 unspecified atom stereocenters. The van der Waals surface area contributed by atoms with Crippen molar-refractivity contribution >= 4 is 5.97 Å². The number of rotatable bonds is 6. The highest BCUT2D eigenvalue weighted by Gasteiger charge is 2.08. The lowest BCUT2D eigenvalue weighted by Gasteiger charge is -2.13. The molecule has 0 saturated carbocycles. The van der Waals surface area contributed by atoms with Gasteiger partial charge in [0.25, 0.3) is 0 Å². The van der Waals surface area contributed by atoms with E-state index in [2.05, 4.69) is 0 Å². The van der Waals surface area contributed by atoms with E-state index in [0.717, 1.165) is 6.42 Å². The summed E-state index contributed by atoms with van der Waals surface area (Å²) >= 11 is 0. The second-order valence-corrected chi connectivity index (χ2v) is 3.99. The molecular weight excluding hydrogens is 234 g/mol. The lowest BCUT2D eigenvalue weighted by atomic mass is 10.2. The standard InChI is InChI=1S/C13H19NO4/c1-3-5-12(16)18-9-8-14-7-6-11(15)13(17)10(14)4-2/h6-7,17H,3-5,8-9H2,1-2H3. The molecule has 0 aromatic carbocycles. The van der Waals surface area contributed by atoms with Gasteiger partial charge in [-0.3, -0.25) is 9.59 Å². The summed E-state index contributed by atoms with van der Waals surface area (Å²) in [6, 6.07) is 1.31. The molecule has 1 N–H and O–H groups in total. The fourth-order valence-electron chi connectivity index (χ4n) is 1.72. The van der Waals surface area contributed by atoms with Crippen LogP contribution < -0.4 is 5.43 Å². The number of carbonyl (C=O) groups excluding carboxylic acids is 1. The predicted molar refractivity (Wildman–Crippen MR) is 67.6 cm³/mol. The Balaban J connectivity index is 2.65. The summed E-state index contributed by atoms with van der Waals surface area (Å²) in [4.78, 5) is 22.4. The molecule has 0 aliphatic rings. The van der Waals surface area contributed by atoms with Crippen LogP contribution in [-0.4, -0.2) is 22.2 Å². The van der Waals surface area contributed by atoms with Crippen LogP contribution in [0.15, 0.2) is 17.1 Å². The zero-order valence-electron chi connectivity index (χ0n) is 10.8. The van der Waals surface area contributed by atoms with Gasteiger partial charge in [0.2, 0.25) is 5.43 Å². The van der Waals surface area contributed by atoms with Gasteiger partial charge in [-0.2, -0.15) is 0 Å². The Morgan fingerprint density at radius 3 is 2.78 bits per heavy atom. The van der Waals surface area contributed by atoms with Crippen LogP contribution in [0.2, 0.25) is 0 Å². The van der Waals surface area contributed by atoms with Crippen molar-refractivity contribution in [2.45, 2.75) is 39.7 Å². The Hall–Kier alpha value is -1.78. The summed E-state index contributed by atoms with van der Waals surface area (Å²) in [5.74, 6) is -0.444. The van der Waals surface area contributed by atoms with Crippen LogP contribution in [0.4, 0.5) is 0 Å². The SMILES string of the molecule is CCCC(=O)OCCn1ccc(=O)c(O)c1CC. The molecule has 0 aliphatic carbocycles. The third-order valence-electron chi connectivity index (χ3n) is 2.64. The highest BCUT2D eigenvalue weighted by Crippen LogP contribution is 2.11. The van der Waals surface area contributed by atoms with E-state index in [4.69, 9.17) is 4.74 Å². The molecule has 0 fully saturated rings. The van der Waals surface area contributed by atoms with Gasteiger partial charge in [-0.15, -0.1) is 0 Å². The summed E-state index contributed by atoms with van der Waals surface area (Å²) in [7, 11) is 0. The average Bonchev–Trinajstić information content (AvgIpc) is 2.34. The number of aromatic hydroxyl groups is 1. The number of nitrogens with zero attached hydrogens (tertiary/aromatic N) is 1. The van der Waals surface area contributed by atoms with E-state index in [-0.39, 0.29) is 23.8 Å². The molecule has 1 aromatic heterocycles. The first kappa shape index (κ1) is 14.3. The molecule has 0 aliphatic heterocycles. The number of aromatic nitrogens is 1. The van der Waals surface area contributed by atoms with Crippen molar-refractivity contribution in [3.8, 4) is 5.75 Å². The summed E-state index contributed by atoms with van der Waals surface area (Å²) < 4.78 is 6.77. The fourth-order valence-corrected chi connectivity index (χ4v) is 1.72. The summed E-state index contributed by atoms with van der Waals surface area (Å²) in [6.07, 6.45) is 3.33. The maximum Gasteiger partial charge on any atom is 0.305 e. The predicted octanol–water partition coefficient (Wildman–Crippen LogP) is 1.46. The van der Waals surface area contributed by atoms with Crippen LogP contribution in [-0.2, 0) is 22.5 Å². The van der Waals surface area contributed by atoms with Gasteiger partial charge < -0.3 is 14.4 Å².